The standard InChI is InChI=1S/C25H27ClN6O2/c1-30(18-19-6-3-2-4-7-19)25-27-11-10-22(29-25)31-12-14-32(15-13-31)23(33)17-28-24(34)20-8-5-9-21(26)16-20/h2-11,16H,12-15,17-18H2,1H3,(H,28,34). The SMILES string of the molecule is CN(Cc1ccccc1)c1nccc(N2CCN(C(=O)CNC(=O)c3cccc(Cl)c3)CC2)n1. The molecular weight excluding hydrogens is 452 g/mol. The zero-order chi connectivity index (χ0) is 23.9. The highest BCUT2D eigenvalue weighted by Crippen LogP contribution is 2.18. The summed E-state index contributed by atoms with van der Waals surface area (Å²) in [6.07, 6.45) is 1.77. The van der Waals surface area contributed by atoms with E-state index >= 15 is 0 Å². The minimum Gasteiger partial charge on any atom is -0.353 e. The molecule has 2 aromatic carbocycles. The van der Waals surface area contributed by atoms with Crippen LogP contribution in [0.1, 0.15) is 15.9 Å². The summed E-state index contributed by atoms with van der Waals surface area (Å²) in [7, 11) is 1.97. The van der Waals surface area contributed by atoms with Gasteiger partial charge in [0.05, 0.1) is 6.54 Å². The summed E-state index contributed by atoms with van der Waals surface area (Å²) in [5.74, 6) is 1.07. The number of halogens is 1. The Balaban J connectivity index is 1.28. The fraction of sp³-hybridized carbons (Fsp3) is 0.280. The molecule has 1 aliphatic rings. The van der Waals surface area contributed by atoms with Crippen LogP contribution in [0.4, 0.5) is 11.8 Å². The van der Waals surface area contributed by atoms with Crippen LogP contribution in [0.3, 0.4) is 0 Å². The Morgan fingerprint density at radius 3 is 2.53 bits per heavy atom. The van der Waals surface area contributed by atoms with E-state index in [0.29, 0.717) is 49.3 Å². The summed E-state index contributed by atoms with van der Waals surface area (Å²) in [4.78, 5) is 39.9. The van der Waals surface area contributed by atoms with Crippen LogP contribution in [-0.4, -0.2) is 66.5 Å². The number of hydrogen-bond donors (Lipinski definition) is 1. The van der Waals surface area contributed by atoms with Gasteiger partial charge in [-0.2, -0.15) is 4.98 Å². The van der Waals surface area contributed by atoms with E-state index in [-0.39, 0.29) is 18.4 Å². The van der Waals surface area contributed by atoms with Crippen LogP contribution in [-0.2, 0) is 11.3 Å². The molecule has 0 unspecified atom stereocenters. The maximum absolute atomic E-state index is 12.6. The van der Waals surface area contributed by atoms with Crippen LogP contribution in [0.15, 0.2) is 66.9 Å². The van der Waals surface area contributed by atoms with Gasteiger partial charge in [-0.3, -0.25) is 9.59 Å². The number of aromatic nitrogens is 2. The van der Waals surface area contributed by atoms with Crippen LogP contribution in [0, 0.1) is 0 Å². The third-order valence-electron chi connectivity index (χ3n) is 5.68. The van der Waals surface area contributed by atoms with Gasteiger partial charge in [-0.05, 0) is 29.8 Å². The third kappa shape index (κ3) is 6.02. The largest absolute Gasteiger partial charge is 0.353 e. The van der Waals surface area contributed by atoms with Gasteiger partial charge in [-0.15, -0.1) is 0 Å². The summed E-state index contributed by atoms with van der Waals surface area (Å²) >= 11 is 5.93. The van der Waals surface area contributed by atoms with Gasteiger partial charge < -0.3 is 20.0 Å². The van der Waals surface area contributed by atoms with E-state index in [0.717, 1.165) is 5.82 Å². The molecule has 0 spiro atoms. The third-order valence-corrected chi connectivity index (χ3v) is 5.91. The molecule has 0 bridgehead atoms. The predicted molar refractivity (Wildman–Crippen MR) is 133 cm³/mol. The molecule has 0 atom stereocenters. The average molecular weight is 479 g/mol. The highest BCUT2D eigenvalue weighted by atomic mass is 35.5. The van der Waals surface area contributed by atoms with Crippen molar-refractivity contribution in [3.63, 3.8) is 0 Å². The van der Waals surface area contributed by atoms with Gasteiger partial charge in [0.1, 0.15) is 5.82 Å². The Labute approximate surface area is 204 Å². The zero-order valence-corrected chi connectivity index (χ0v) is 19.8. The van der Waals surface area contributed by atoms with Crippen molar-refractivity contribution in [3.8, 4) is 0 Å². The second-order valence-corrected chi connectivity index (χ2v) is 8.55. The Hall–Kier alpha value is -3.65. The van der Waals surface area contributed by atoms with Crippen LogP contribution < -0.4 is 15.1 Å². The molecule has 176 valence electrons. The molecule has 2 amide bonds. The van der Waals surface area contributed by atoms with E-state index in [1.807, 2.05) is 36.2 Å². The monoisotopic (exact) mass is 478 g/mol. The first-order valence-electron chi connectivity index (χ1n) is 11.1. The molecule has 2 heterocycles. The number of hydrogen-bond acceptors (Lipinski definition) is 6. The van der Waals surface area contributed by atoms with Gasteiger partial charge in [-0.25, -0.2) is 4.98 Å². The second-order valence-electron chi connectivity index (χ2n) is 8.12. The highest BCUT2D eigenvalue weighted by Gasteiger charge is 2.23. The van der Waals surface area contributed by atoms with Crippen molar-refractivity contribution in [1.29, 1.82) is 0 Å². The molecule has 8 nitrogen and oxygen atoms in total. The fourth-order valence-corrected chi connectivity index (χ4v) is 4.00. The minimum absolute atomic E-state index is 0.0483. The van der Waals surface area contributed by atoms with E-state index in [2.05, 4.69) is 27.3 Å². The molecule has 34 heavy (non-hydrogen) atoms. The van der Waals surface area contributed by atoms with Crippen LogP contribution >= 0.6 is 11.6 Å². The smallest absolute Gasteiger partial charge is 0.251 e. The topological polar surface area (TPSA) is 81.7 Å². The molecule has 1 saturated heterocycles. The minimum atomic E-state index is -0.317. The van der Waals surface area contributed by atoms with Gasteiger partial charge in [0.25, 0.3) is 5.91 Å². The Morgan fingerprint density at radius 1 is 1.03 bits per heavy atom. The number of piperazine rings is 1. The first-order valence-corrected chi connectivity index (χ1v) is 11.5. The quantitative estimate of drug-likeness (QED) is 0.562. The van der Waals surface area contributed by atoms with Gasteiger partial charge in [0, 0.05) is 56.6 Å². The van der Waals surface area contributed by atoms with Gasteiger partial charge in [0.2, 0.25) is 11.9 Å². The number of carbonyl (C=O) groups is 2. The molecule has 9 heteroatoms. The molecule has 0 aliphatic carbocycles. The van der Waals surface area contributed by atoms with E-state index in [9.17, 15) is 9.59 Å². The lowest BCUT2D eigenvalue weighted by Crippen LogP contribution is -2.51. The summed E-state index contributed by atoms with van der Waals surface area (Å²) in [6, 6.07) is 18.7. The molecule has 3 aromatic rings. The number of benzene rings is 2. The van der Waals surface area contributed by atoms with Crippen molar-refractivity contribution in [2.45, 2.75) is 6.54 Å². The van der Waals surface area contributed by atoms with Crippen molar-refractivity contribution >= 4 is 35.2 Å². The zero-order valence-electron chi connectivity index (χ0n) is 19.0. The number of carbonyl (C=O) groups excluding carboxylic acids is 2. The molecule has 0 saturated carbocycles. The molecule has 1 aromatic heterocycles. The summed E-state index contributed by atoms with van der Waals surface area (Å²) in [5, 5.41) is 3.16. The summed E-state index contributed by atoms with van der Waals surface area (Å²) in [5.41, 5.74) is 1.62. The molecule has 1 N–H and O–H groups in total. The van der Waals surface area contributed by atoms with E-state index in [4.69, 9.17) is 16.6 Å². The normalized spacial score (nSPS) is 13.5. The van der Waals surface area contributed by atoms with Gasteiger partial charge in [0.15, 0.2) is 0 Å². The fourth-order valence-electron chi connectivity index (χ4n) is 3.81. The maximum atomic E-state index is 12.6. The first-order chi connectivity index (χ1) is 16.5. The Morgan fingerprint density at radius 2 is 1.79 bits per heavy atom. The van der Waals surface area contributed by atoms with Gasteiger partial charge in [-0.1, -0.05) is 48.0 Å². The lowest BCUT2D eigenvalue weighted by Gasteiger charge is -2.35. The van der Waals surface area contributed by atoms with Crippen molar-refractivity contribution in [2.24, 2.45) is 0 Å². The molecule has 1 aliphatic heterocycles. The van der Waals surface area contributed by atoms with Crippen molar-refractivity contribution in [1.82, 2.24) is 20.2 Å². The second kappa shape index (κ2) is 11.0. The van der Waals surface area contributed by atoms with E-state index in [1.54, 1.807) is 35.4 Å². The highest BCUT2D eigenvalue weighted by molar-refractivity contribution is 6.31. The summed E-state index contributed by atoms with van der Waals surface area (Å²) < 4.78 is 0. The number of nitrogens with one attached hydrogen (secondary N) is 1. The van der Waals surface area contributed by atoms with Gasteiger partial charge >= 0.3 is 0 Å². The van der Waals surface area contributed by atoms with Crippen LogP contribution in [0.25, 0.3) is 0 Å². The van der Waals surface area contributed by atoms with Crippen molar-refractivity contribution in [3.05, 3.63) is 83.0 Å². The first kappa shape index (κ1) is 23.5. The molecule has 4 rings (SSSR count). The lowest BCUT2D eigenvalue weighted by molar-refractivity contribution is -0.130. The van der Waals surface area contributed by atoms with E-state index in [1.165, 1.54) is 5.56 Å². The van der Waals surface area contributed by atoms with Crippen molar-refractivity contribution < 1.29 is 9.59 Å². The summed E-state index contributed by atoms with van der Waals surface area (Å²) in [6.45, 7) is 3.11. The Bertz CT molecular complexity index is 1140. The lowest BCUT2D eigenvalue weighted by atomic mass is 10.2. The molecular formula is C25H27ClN6O2. The van der Waals surface area contributed by atoms with E-state index < -0.39 is 0 Å². The van der Waals surface area contributed by atoms with Crippen molar-refractivity contribution in [2.75, 3.05) is 49.6 Å². The molecule has 1 fully saturated rings. The van der Waals surface area contributed by atoms with Crippen LogP contribution in [0.2, 0.25) is 5.02 Å². The maximum Gasteiger partial charge on any atom is 0.251 e. The number of amides is 2. The Kier molecular flexibility index (Phi) is 7.59. The predicted octanol–water partition coefficient (Wildman–Crippen LogP) is 2.85. The molecule has 0 radical (unpaired) electrons. The number of anilines is 2. The number of nitrogens with zero attached hydrogens (tertiary/aromatic N) is 5. The number of rotatable bonds is 7. The average Bonchev–Trinajstić information content (AvgIpc) is 2.88. The van der Waals surface area contributed by atoms with Crippen LogP contribution in [0.5, 0.6) is 0 Å².